The smallest absolute Gasteiger partial charge is 0.0794 e. The lowest BCUT2D eigenvalue weighted by Crippen LogP contribution is -2.33. The molecule has 3 heteroatoms. The molecule has 2 rings (SSSR count). The zero-order chi connectivity index (χ0) is 9.97. The fourth-order valence-corrected chi connectivity index (χ4v) is 3.26. The van der Waals surface area contributed by atoms with Gasteiger partial charge < -0.3 is 5.32 Å². The van der Waals surface area contributed by atoms with Crippen LogP contribution < -0.4 is 5.32 Å². The van der Waals surface area contributed by atoms with Crippen molar-refractivity contribution < 1.29 is 0 Å². The van der Waals surface area contributed by atoms with Crippen molar-refractivity contribution in [3.63, 3.8) is 0 Å². The molecule has 14 heavy (non-hydrogen) atoms. The van der Waals surface area contributed by atoms with E-state index in [9.17, 15) is 0 Å². The van der Waals surface area contributed by atoms with E-state index in [4.69, 9.17) is 0 Å². The van der Waals surface area contributed by atoms with Crippen molar-refractivity contribution in [2.24, 2.45) is 5.92 Å². The highest BCUT2D eigenvalue weighted by Gasteiger charge is 2.28. The first kappa shape index (κ1) is 10.1. The number of hydrogen-bond acceptors (Lipinski definition) is 3. The van der Waals surface area contributed by atoms with E-state index in [1.165, 1.54) is 24.1 Å². The van der Waals surface area contributed by atoms with Crippen LogP contribution in [0.15, 0.2) is 11.7 Å². The van der Waals surface area contributed by atoms with Gasteiger partial charge in [-0.3, -0.25) is 4.98 Å². The maximum atomic E-state index is 4.18. The maximum Gasteiger partial charge on any atom is 0.0794 e. The van der Waals surface area contributed by atoms with E-state index in [0.29, 0.717) is 6.04 Å². The predicted octanol–water partition coefficient (Wildman–Crippen LogP) is 2.63. The van der Waals surface area contributed by atoms with Crippen molar-refractivity contribution in [1.29, 1.82) is 0 Å². The summed E-state index contributed by atoms with van der Waals surface area (Å²) in [5.41, 5.74) is 1.95. The molecular weight excluding hydrogens is 192 g/mol. The van der Waals surface area contributed by atoms with E-state index in [1.54, 1.807) is 11.3 Å². The Labute approximate surface area is 89.8 Å². The van der Waals surface area contributed by atoms with Gasteiger partial charge in [0, 0.05) is 17.1 Å². The van der Waals surface area contributed by atoms with Crippen LogP contribution in [0.25, 0.3) is 0 Å². The molecule has 1 aliphatic rings. The van der Waals surface area contributed by atoms with E-state index >= 15 is 0 Å². The molecule has 0 spiro atoms. The summed E-state index contributed by atoms with van der Waals surface area (Å²) in [6, 6.07) is 0.707. The average molecular weight is 210 g/mol. The highest BCUT2D eigenvalue weighted by atomic mass is 32.1. The molecule has 0 bridgehead atoms. The molecule has 1 fully saturated rings. The predicted molar refractivity (Wildman–Crippen MR) is 60.7 cm³/mol. The summed E-state index contributed by atoms with van der Waals surface area (Å²) in [6.07, 6.45) is 5.99. The Hall–Kier alpha value is -0.410. The summed E-state index contributed by atoms with van der Waals surface area (Å²) in [7, 11) is 2.07. The Bertz CT molecular complexity index is 271. The highest BCUT2D eigenvalue weighted by molar-refractivity contribution is 7.09. The van der Waals surface area contributed by atoms with Gasteiger partial charge in [-0.25, -0.2) is 0 Å². The van der Waals surface area contributed by atoms with Gasteiger partial charge in [-0.15, -0.1) is 11.3 Å². The number of hydrogen-bond donors (Lipinski definition) is 1. The fourth-order valence-electron chi connectivity index (χ4n) is 2.39. The second-order valence-corrected chi connectivity index (χ2v) is 5.20. The Morgan fingerprint density at radius 3 is 3.00 bits per heavy atom. The standard InChI is InChI=1S/C11H18N2S/c1-8-3-4-9(12-2)5-10(8)11-6-13-7-14-11/h6-10,12H,3-5H2,1-2H3. The SMILES string of the molecule is CNC1CCC(C)C(c2cncs2)C1. The molecule has 0 saturated heterocycles. The molecule has 1 aliphatic carbocycles. The molecule has 0 amide bonds. The Kier molecular flexibility index (Phi) is 3.19. The van der Waals surface area contributed by atoms with Crippen LogP contribution in [0.5, 0.6) is 0 Å². The van der Waals surface area contributed by atoms with Gasteiger partial charge in [-0.2, -0.15) is 0 Å². The fraction of sp³-hybridized carbons (Fsp3) is 0.727. The van der Waals surface area contributed by atoms with Crippen molar-refractivity contribution in [2.75, 3.05) is 7.05 Å². The second-order valence-electron chi connectivity index (χ2n) is 4.29. The van der Waals surface area contributed by atoms with Crippen LogP contribution in [0, 0.1) is 5.92 Å². The van der Waals surface area contributed by atoms with E-state index in [1.807, 2.05) is 11.7 Å². The summed E-state index contributed by atoms with van der Waals surface area (Å²) < 4.78 is 0. The number of rotatable bonds is 2. The molecular formula is C11H18N2S. The molecule has 78 valence electrons. The molecule has 0 radical (unpaired) electrons. The lowest BCUT2D eigenvalue weighted by molar-refractivity contribution is 0.279. The highest BCUT2D eigenvalue weighted by Crippen LogP contribution is 2.38. The van der Waals surface area contributed by atoms with Crippen LogP contribution in [0.4, 0.5) is 0 Å². The summed E-state index contributed by atoms with van der Waals surface area (Å²) in [4.78, 5) is 5.65. The Balaban J connectivity index is 2.09. The van der Waals surface area contributed by atoms with Gasteiger partial charge in [-0.1, -0.05) is 6.92 Å². The summed E-state index contributed by atoms with van der Waals surface area (Å²) in [6.45, 7) is 2.37. The third-order valence-corrected chi connectivity index (χ3v) is 4.33. The Morgan fingerprint density at radius 1 is 1.50 bits per heavy atom. The van der Waals surface area contributed by atoms with Crippen LogP contribution in [0.3, 0.4) is 0 Å². The number of aromatic nitrogens is 1. The van der Waals surface area contributed by atoms with E-state index in [-0.39, 0.29) is 0 Å². The van der Waals surface area contributed by atoms with Crippen LogP contribution >= 0.6 is 11.3 Å². The quantitative estimate of drug-likeness (QED) is 0.811. The van der Waals surface area contributed by atoms with Gasteiger partial charge in [-0.05, 0) is 38.1 Å². The monoisotopic (exact) mass is 210 g/mol. The molecule has 1 saturated carbocycles. The van der Waals surface area contributed by atoms with Crippen molar-refractivity contribution in [1.82, 2.24) is 10.3 Å². The maximum absolute atomic E-state index is 4.18. The number of nitrogens with zero attached hydrogens (tertiary/aromatic N) is 1. The molecule has 1 aromatic rings. The van der Waals surface area contributed by atoms with Gasteiger partial charge in [0.05, 0.1) is 5.51 Å². The molecule has 1 N–H and O–H groups in total. The molecule has 0 aromatic carbocycles. The van der Waals surface area contributed by atoms with E-state index in [0.717, 1.165) is 11.8 Å². The van der Waals surface area contributed by atoms with E-state index < -0.39 is 0 Å². The molecule has 1 heterocycles. The van der Waals surface area contributed by atoms with Gasteiger partial charge in [0.2, 0.25) is 0 Å². The van der Waals surface area contributed by atoms with Crippen molar-refractivity contribution in [3.05, 3.63) is 16.6 Å². The summed E-state index contributed by atoms with van der Waals surface area (Å²) in [5, 5.41) is 3.40. The normalized spacial score (nSPS) is 33.1. The first-order valence-electron chi connectivity index (χ1n) is 5.37. The Morgan fingerprint density at radius 2 is 2.36 bits per heavy atom. The largest absolute Gasteiger partial charge is 0.317 e. The van der Waals surface area contributed by atoms with Gasteiger partial charge in [0.1, 0.15) is 0 Å². The number of nitrogens with one attached hydrogen (secondary N) is 1. The van der Waals surface area contributed by atoms with Crippen molar-refractivity contribution in [3.8, 4) is 0 Å². The van der Waals surface area contributed by atoms with Gasteiger partial charge in [0.15, 0.2) is 0 Å². The van der Waals surface area contributed by atoms with Crippen LogP contribution in [0.2, 0.25) is 0 Å². The van der Waals surface area contributed by atoms with Crippen LogP contribution in [0.1, 0.15) is 37.0 Å². The lowest BCUT2D eigenvalue weighted by atomic mass is 9.77. The summed E-state index contributed by atoms with van der Waals surface area (Å²) in [5.74, 6) is 1.55. The first-order valence-corrected chi connectivity index (χ1v) is 6.25. The topological polar surface area (TPSA) is 24.9 Å². The van der Waals surface area contributed by atoms with Crippen LogP contribution in [-0.2, 0) is 0 Å². The third-order valence-electron chi connectivity index (χ3n) is 3.42. The number of thiazole rings is 1. The van der Waals surface area contributed by atoms with Crippen molar-refractivity contribution in [2.45, 2.75) is 38.1 Å². The van der Waals surface area contributed by atoms with Crippen molar-refractivity contribution >= 4 is 11.3 Å². The minimum Gasteiger partial charge on any atom is -0.317 e. The van der Waals surface area contributed by atoms with E-state index in [2.05, 4.69) is 24.3 Å². The molecule has 3 unspecified atom stereocenters. The summed E-state index contributed by atoms with van der Waals surface area (Å²) >= 11 is 1.81. The second kappa shape index (κ2) is 4.41. The molecule has 3 atom stereocenters. The third kappa shape index (κ3) is 1.98. The zero-order valence-corrected chi connectivity index (χ0v) is 9.68. The minimum atomic E-state index is 0.707. The minimum absolute atomic E-state index is 0.707. The van der Waals surface area contributed by atoms with Gasteiger partial charge >= 0.3 is 0 Å². The molecule has 1 aromatic heterocycles. The first-order chi connectivity index (χ1) is 6.81. The zero-order valence-electron chi connectivity index (χ0n) is 8.86. The molecule has 0 aliphatic heterocycles. The van der Waals surface area contributed by atoms with Gasteiger partial charge in [0.25, 0.3) is 0 Å². The lowest BCUT2D eigenvalue weighted by Gasteiger charge is -2.33. The van der Waals surface area contributed by atoms with Crippen LogP contribution in [-0.4, -0.2) is 18.1 Å². The molecule has 2 nitrogen and oxygen atoms in total. The average Bonchev–Trinajstić information content (AvgIpc) is 2.71.